The SMILES string of the molecule is CN(CCc1ccc(NS(C)(=O)=O)cc1)C1CCN(c2ccc(C#N)cc2)CC1. The van der Waals surface area contributed by atoms with E-state index in [-0.39, 0.29) is 0 Å². The Morgan fingerprint density at radius 1 is 1.10 bits per heavy atom. The fourth-order valence-corrected chi connectivity index (χ4v) is 4.32. The maximum Gasteiger partial charge on any atom is 0.229 e. The molecule has 0 aromatic heterocycles. The summed E-state index contributed by atoms with van der Waals surface area (Å²) in [5.41, 5.74) is 3.68. The van der Waals surface area contributed by atoms with Gasteiger partial charge in [0.15, 0.2) is 0 Å². The van der Waals surface area contributed by atoms with Crippen molar-refractivity contribution in [2.75, 3.05) is 42.6 Å². The number of sulfonamides is 1. The Balaban J connectivity index is 1.46. The van der Waals surface area contributed by atoms with E-state index in [0.717, 1.165) is 45.2 Å². The maximum atomic E-state index is 11.3. The minimum atomic E-state index is -3.23. The molecule has 1 N–H and O–H groups in total. The van der Waals surface area contributed by atoms with Gasteiger partial charge >= 0.3 is 0 Å². The number of anilines is 2. The molecule has 29 heavy (non-hydrogen) atoms. The topological polar surface area (TPSA) is 76.4 Å². The summed E-state index contributed by atoms with van der Waals surface area (Å²) in [7, 11) is -1.05. The maximum absolute atomic E-state index is 11.3. The quantitative estimate of drug-likeness (QED) is 0.756. The molecule has 0 spiro atoms. The molecule has 1 aliphatic heterocycles. The lowest BCUT2D eigenvalue weighted by molar-refractivity contribution is 0.210. The van der Waals surface area contributed by atoms with Crippen molar-refractivity contribution in [2.24, 2.45) is 0 Å². The Bertz CT molecular complexity index is 942. The highest BCUT2D eigenvalue weighted by Crippen LogP contribution is 2.23. The van der Waals surface area contributed by atoms with Crippen molar-refractivity contribution in [3.8, 4) is 6.07 Å². The van der Waals surface area contributed by atoms with E-state index in [0.29, 0.717) is 17.3 Å². The van der Waals surface area contributed by atoms with Gasteiger partial charge in [0.05, 0.1) is 17.9 Å². The Morgan fingerprint density at radius 3 is 2.28 bits per heavy atom. The van der Waals surface area contributed by atoms with Gasteiger partial charge in [-0.3, -0.25) is 4.72 Å². The highest BCUT2D eigenvalue weighted by molar-refractivity contribution is 7.92. The molecule has 154 valence electrons. The van der Waals surface area contributed by atoms with Crippen LogP contribution in [0.25, 0.3) is 0 Å². The van der Waals surface area contributed by atoms with Crippen LogP contribution in [0.1, 0.15) is 24.0 Å². The molecule has 2 aromatic carbocycles. The normalized spacial score (nSPS) is 15.3. The zero-order valence-corrected chi connectivity index (χ0v) is 17.8. The number of rotatable bonds is 7. The monoisotopic (exact) mass is 412 g/mol. The summed E-state index contributed by atoms with van der Waals surface area (Å²) in [6.45, 7) is 3.01. The smallest absolute Gasteiger partial charge is 0.229 e. The molecule has 0 bridgehead atoms. The second kappa shape index (κ2) is 9.29. The molecule has 0 aliphatic carbocycles. The third-order valence-electron chi connectivity index (χ3n) is 5.46. The highest BCUT2D eigenvalue weighted by Gasteiger charge is 2.22. The van der Waals surface area contributed by atoms with Crippen LogP contribution in [0.4, 0.5) is 11.4 Å². The van der Waals surface area contributed by atoms with Gasteiger partial charge in [-0.05, 0) is 68.3 Å². The second-order valence-electron chi connectivity index (χ2n) is 7.68. The predicted molar refractivity (Wildman–Crippen MR) is 118 cm³/mol. The molecule has 6 nitrogen and oxygen atoms in total. The molecule has 0 unspecified atom stereocenters. The van der Waals surface area contributed by atoms with E-state index in [1.807, 2.05) is 48.5 Å². The van der Waals surface area contributed by atoms with Crippen molar-refractivity contribution < 1.29 is 8.42 Å². The molecule has 0 amide bonds. The summed E-state index contributed by atoms with van der Waals surface area (Å²) in [4.78, 5) is 4.82. The van der Waals surface area contributed by atoms with Crippen molar-refractivity contribution in [1.29, 1.82) is 5.26 Å². The number of piperidine rings is 1. The van der Waals surface area contributed by atoms with Crippen LogP contribution < -0.4 is 9.62 Å². The number of nitrogens with one attached hydrogen (secondary N) is 1. The number of nitrogens with zero attached hydrogens (tertiary/aromatic N) is 3. The third kappa shape index (κ3) is 6.21. The van der Waals surface area contributed by atoms with Gasteiger partial charge in [-0.2, -0.15) is 5.26 Å². The van der Waals surface area contributed by atoms with Gasteiger partial charge < -0.3 is 9.80 Å². The average molecular weight is 413 g/mol. The van der Waals surface area contributed by atoms with Crippen molar-refractivity contribution in [3.63, 3.8) is 0 Å². The van der Waals surface area contributed by atoms with Gasteiger partial charge in [-0.15, -0.1) is 0 Å². The zero-order chi connectivity index (χ0) is 20.9. The lowest BCUT2D eigenvalue weighted by Gasteiger charge is -2.38. The molecule has 7 heteroatoms. The van der Waals surface area contributed by atoms with Gasteiger partial charge in [0.2, 0.25) is 10.0 Å². The van der Waals surface area contributed by atoms with E-state index in [1.54, 1.807) is 0 Å². The summed E-state index contributed by atoms with van der Waals surface area (Å²) in [6.07, 6.45) is 4.33. The molecule has 0 radical (unpaired) electrons. The molecule has 1 saturated heterocycles. The van der Waals surface area contributed by atoms with E-state index in [9.17, 15) is 8.42 Å². The first-order valence-corrected chi connectivity index (χ1v) is 11.8. The van der Waals surface area contributed by atoms with Crippen LogP contribution in [-0.4, -0.2) is 52.3 Å². The molecule has 1 aliphatic rings. The zero-order valence-electron chi connectivity index (χ0n) is 17.0. The molecular weight excluding hydrogens is 384 g/mol. The summed E-state index contributed by atoms with van der Waals surface area (Å²) in [5.74, 6) is 0. The lowest BCUT2D eigenvalue weighted by Crippen LogP contribution is -2.44. The van der Waals surface area contributed by atoms with Crippen LogP contribution in [0.15, 0.2) is 48.5 Å². The number of benzene rings is 2. The molecule has 3 rings (SSSR count). The van der Waals surface area contributed by atoms with Gasteiger partial charge in [-0.25, -0.2) is 8.42 Å². The Hall–Kier alpha value is -2.56. The average Bonchev–Trinajstić information content (AvgIpc) is 2.72. The summed E-state index contributed by atoms with van der Waals surface area (Å²) in [5, 5.41) is 8.93. The first kappa shape index (κ1) is 21.2. The molecule has 2 aromatic rings. The third-order valence-corrected chi connectivity index (χ3v) is 6.07. The van der Waals surface area contributed by atoms with Gasteiger partial charge in [0, 0.05) is 37.1 Å². The molecular formula is C22H28N4O2S. The number of hydrogen-bond donors (Lipinski definition) is 1. The Morgan fingerprint density at radius 2 is 1.72 bits per heavy atom. The minimum Gasteiger partial charge on any atom is -0.371 e. The minimum absolute atomic E-state index is 0.566. The number of likely N-dealkylation sites (N-methyl/N-ethyl adjacent to an activating group) is 1. The van der Waals surface area contributed by atoms with Gasteiger partial charge in [0.1, 0.15) is 0 Å². The van der Waals surface area contributed by atoms with E-state index >= 15 is 0 Å². The second-order valence-corrected chi connectivity index (χ2v) is 9.43. The van der Waals surface area contributed by atoms with Crippen LogP contribution in [-0.2, 0) is 16.4 Å². The summed E-state index contributed by atoms with van der Waals surface area (Å²) in [6, 6.07) is 18.1. The molecule has 0 saturated carbocycles. The number of hydrogen-bond acceptors (Lipinski definition) is 5. The molecule has 0 atom stereocenters. The number of nitriles is 1. The van der Waals surface area contributed by atoms with E-state index in [4.69, 9.17) is 5.26 Å². The fourth-order valence-electron chi connectivity index (χ4n) is 3.75. The van der Waals surface area contributed by atoms with Crippen LogP contribution in [0, 0.1) is 11.3 Å². The first-order chi connectivity index (χ1) is 13.8. The van der Waals surface area contributed by atoms with Crippen LogP contribution in [0.5, 0.6) is 0 Å². The van der Waals surface area contributed by atoms with Crippen molar-refractivity contribution >= 4 is 21.4 Å². The summed E-state index contributed by atoms with van der Waals surface area (Å²) < 4.78 is 25.1. The fraction of sp³-hybridized carbons (Fsp3) is 0.409. The van der Waals surface area contributed by atoms with E-state index in [1.165, 1.54) is 11.3 Å². The van der Waals surface area contributed by atoms with E-state index < -0.39 is 10.0 Å². The van der Waals surface area contributed by atoms with E-state index in [2.05, 4.69) is 27.6 Å². The van der Waals surface area contributed by atoms with Crippen molar-refractivity contribution in [3.05, 3.63) is 59.7 Å². The van der Waals surface area contributed by atoms with Crippen molar-refractivity contribution in [2.45, 2.75) is 25.3 Å². The van der Waals surface area contributed by atoms with Crippen LogP contribution in [0.3, 0.4) is 0 Å². The largest absolute Gasteiger partial charge is 0.371 e. The van der Waals surface area contributed by atoms with Crippen molar-refractivity contribution in [1.82, 2.24) is 4.90 Å². The lowest BCUT2D eigenvalue weighted by atomic mass is 10.0. The first-order valence-electron chi connectivity index (χ1n) is 9.86. The van der Waals surface area contributed by atoms with Gasteiger partial charge in [0.25, 0.3) is 0 Å². The molecule has 1 fully saturated rings. The molecule has 1 heterocycles. The van der Waals surface area contributed by atoms with Gasteiger partial charge in [-0.1, -0.05) is 12.1 Å². The Labute approximate surface area is 173 Å². The van der Waals surface area contributed by atoms with Crippen LogP contribution in [0.2, 0.25) is 0 Å². The summed E-state index contributed by atoms with van der Waals surface area (Å²) >= 11 is 0. The standard InChI is InChI=1S/C22H28N4O2S/c1-25(14-11-18-3-7-20(8-4-18)24-29(2,27)28)21-12-15-26(16-13-21)22-9-5-19(17-23)6-10-22/h3-10,21,24H,11-16H2,1-2H3. The predicted octanol–water partition coefficient (Wildman–Crippen LogP) is 3.07. The highest BCUT2D eigenvalue weighted by atomic mass is 32.2. The Kier molecular flexibility index (Phi) is 6.78. The van der Waals surface area contributed by atoms with Crippen LogP contribution >= 0.6 is 0 Å².